The highest BCUT2D eigenvalue weighted by molar-refractivity contribution is 5.78. The summed E-state index contributed by atoms with van der Waals surface area (Å²) in [6.45, 7) is 5.00. The van der Waals surface area contributed by atoms with Crippen LogP contribution in [-0.4, -0.2) is 30.4 Å². The van der Waals surface area contributed by atoms with E-state index in [4.69, 9.17) is 5.73 Å². The topological polar surface area (TPSA) is 46.3 Å². The molecule has 1 amide bonds. The number of hydrogen-bond donors (Lipinski definition) is 1. The summed E-state index contributed by atoms with van der Waals surface area (Å²) < 4.78 is 0. The summed E-state index contributed by atoms with van der Waals surface area (Å²) in [4.78, 5) is 14.2. The number of hydrogen-bond acceptors (Lipinski definition) is 2. The molecular weight excluding hydrogens is 212 g/mol. The van der Waals surface area contributed by atoms with E-state index in [-0.39, 0.29) is 5.92 Å². The Labute approximate surface area is 106 Å². The summed E-state index contributed by atoms with van der Waals surface area (Å²) in [6, 6.07) is 0.464. The van der Waals surface area contributed by atoms with Gasteiger partial charge in [-0.1, -0.05) is 26.7 Å². The van der Waals surface area contributed by atoms with Gasteiger partial charge in [0.25, 0.3) is 0 Å². The Morgan fingerprint density at radius 3 is 2.76 bits per heavy atom. The quantitative estimate of drug-likeness (QED) is 0.802. The summed E-state index contributed by atoms with van der Waals surface area (Å²) in [6.07, 6.45) is 6.80. The molecule has 1 fully saturated rings. The van der Waals surface area contributed by atoms with Gasteiger partial charge >= 0.3 is 0 Å². The Hall–Kier alpha value is -0.570. The van der Waals surface area contributed by atoms with Crippen LogP contribution in [0.15, 0.2) is 0 Å². The van der Waals surface area contributed by atoms with Crippen molar-refractivity contribution in [2.45, 2.75) is 58.4 Å². The fraction of sp³-hybridized carbons (Fsp3) is 0.929. The monoisotopic (exact) mass is 240 g/mol. The number of nitrogens with zero attached hydrogens (tertiary/aromatic N) is 1. The molecule has 0 bridgehead atoms. The molecule has 0 aromatic carbocycles. The summed E-state index contributed by atoms with van der Waals surface area (Å²) >= 11 is 0. The maximum absolute atomic E-state index is 12.2. The number of nitrogens with two attached hydrogens (primary N) is 1. The summed E-state index contributed by atoms with van der Waals surface area (Å²) in [5.74, 6) is 1.20. The van der Waals surface area contributed by atoms with Crippen molar-refractivity contribution in [3.8, 4) is 0 Å². The molecule has 1 aliphatic carbocycles. The Kier molecular flexibility index (Phi) is 5.96. The van der Waals surface area contributed by atoms with Crippen molar-refractivity contribution in [1.29, 1.82) is 0 Å². The standard InChI is InChI=1S/C14H28N2O/c1-11-6-4-8-13(10-11)16(3)14(17)12(2)7-5-9-15/h11-13H,4-10,15H2,1-3H3. The zero-order chi connectivity index (χ0) is 12.8. The highest BCUT2D eigenvalue weighted by Gasteiger charge is 2.27. The SMILES string of the molecule is CC1CCCC(N(C)C(=O)C(C)CCCN)C1. The highest BCUT2D eigenvalue weighted by atomic mass is 16.2. The maximum atomic E-state index is 12.2. The van der Waals surface area contributed by atoms with Crippen molar-refractivity contribution in [3.63, 3.8) is 0 Å². The van der Waals surface area contributed by atoms with E-state index in [1.807, 2.05) is 18.9 Å². The minimum absolute atomic E-state index is 0.126. The van der Waals surface area contributed by atoms with E-state index in [1.54, 1.807) is 0 Å². The fourth-order valence-corrected chi connectivity index (χ4v) is 2.83. The van der Waals surface area contributed by atoms with Gasteiger partial charge in [-0.25, -0.2) is 0 Å². The first kappa shape index (κ1) is 14.5. The zero-order valence-corrected chi connectivity index (χ0v) is 11.6. The molecule has 1 rings (SSSR count). The molecule has 0 radical (unpaired) electrons. The average Bonchev–Trinajstić information content (AvgIpc) is 2.34. The molecule has 2 N–H and O–H groups in total. The van der Waals surface area contributed by atoms with Gasteiger partial charge in [0.15, 0.2) is 0 Å². The molecule has 0 saturated heterocycles. The van der Waals surface area contributed by atoms with Gasteiger partial charge in [0.05, 0.1) is 0 Å². The smallest absolute Gasteiger partial charge is 0.225 e. The third-order valence-corrected chi connectivity index (χ3v) is 4.07. The third-order valence-electron chi connectivity index (χ3n) is 4.07. The molecule has 3 unspecified atom stereocenters. The van der Waals surface area contributed by atoms with Crippen LogP contribution in [0.25, 0.3) is 0 Å². The highest BCUT2D eigenvalue weighted by Crippen LogP contribution is 2.27. The Morgan fingerprint density at radius 2 is 2.18 bits per heavy atom. The Balaban J connectivity index is 2.44. The Morgan fingerprint density at radius 1 is 1.47 bits per heavy atom. The summed E-state index contributed by atoms with van der Waals surface area (Å²) in [5.41, 5.74) is 5.49. The Bertz CT molecular complexity index is 242. The van der Waals surface area contributed by atoms with E-state index in [0.717, 1.165) is 18.8 Å². The van der Waals surface area contributed by atoms with Crippen LogP contribution in [0.2, 0.25) is 0 Å². The van der Waals surface area contributed by atoms with E-state index in [0.29, 0.717) is 18.5 Å². The van der Waals surface area contributed by atoms with Crippen LogP contribution in [0.1, 0.15) is 52.4 Å². The molecular formula is C14H28N2O. The third kappa shape index (κ3) is 4.30. The summed E-state index contributed by atoms with van der Waals surface area (Å²) in [7, 11) is 1.98. The van der Waals surface area contributed by atoms with Crippen LogP contribution >= 0.6 is 0 Å². The molecule has 100 valence electrons. The molecule has 17 heavy (non-hydrogen) atoms. The first-order valence-corrected chi connectivity index (χ1v) is 7.03. The first-order chi connectivity index (χ1) is 8.06. The second-order valence-corrected chi connectivity index (χ2v) is 5.71. The van der Waals surface area contributed by atoms with E-state index < -0.39 is 0 Å². The van der Waals surface area contributed by atoms with Crippen molar-refractivity contribution >= 4 is 5.91 Å². The molecule has 1 saturated carbocycles. The fourth-order valence-electron chi connectivity index (χ4n) is 2.83. The zero-order valence-electron chi connectivity index (χ0n) is 11.6. The van der Waals surface area contributed by atoms with Crippen LogP contribution < -0.4 is 5.73 Å². The van der Waals surface area contributed by atoms with Gasteiger partial charge in [-0.05, 0) is 38.1 Å². The molecule has 3 atom stereocenters. The second kappa shape index (κ2) is 7.00. The number of carbonyl (C=O) groups is 1. The van der Waals surface area contributed by atoms with Crippen LogP contribution in [0.3, 0.4) is 0 Å². The second-order valence-electron chi connectivity index (χ2n) is 5.71. The van der Waals surface area contributed by atoms with Gasteiger partial charge < -0.3 is 10.6 Å². The van der Waals surface area contributed by atoms with Crippen LogP contribution in [0.4, 0.5) is 0 Å². The van der Waals surface area contributed by atoms with Crippen molar-refractivity contribution in [1.82, 2.24) is 4.90 Å². The van der Waals surface area contributed by atoms with E-state index in [9.17, 15) is 4.79 Å². The van der Waals surface area contributed by atoms with E-state index >= 15 is 0 Å². The minimum Gasteiger partial charge on any atom is -0.343 e. The van der Waals surface area contributed by atoms with Crippen LogP contribution in [0.5, 0.6) is 0 Å². The maximum Gasteiger partial charge on any atom is 0.225 e. The average molecular weight is 240 g/mol. The first-order valence-electron chi connectivity index (χ1n) is 7.03. The van der Waals surface area contributed by atoms with Gasteiger partial charge in [-0.15, -0.1) is 0 Å². The number of rotatable bonds is 5. The largest absolute Gasteiger partial charge is 0.343 e. The van der Waals surface area contributed by atoms with Gasteiger partial charge in [-0.2, -0.15) is 0 Å². The minimum atomic E-state index is 0.126. The predicted molar refractivity (Wildman–Crippen MR) is 71.6 cm³/mol. The normalized spacial score (nSPS) is 26.6. The molecule has 0 heterocycles. The van der Waals surface area contributed by atoms with Crippen molar-refractivity contribution in [2.75, 3.05) is 13.6 Å². The molecule has 3 nitrogen and oxygen atoms in total. The summed E-state index contributed by atoms with van der Waals surface area (Å²) in [5, 5.41) is 0. The van der Waals surface area contributed by atoms with E-state index in [2.05, 4.69) is 6.92 Å². The molecule has 3 heteroatoms. The van der Waals surface area contributed by atoms with E-state index in [1.165, 1.54) is 25.7 Å². The molecule has 0 spiro atoms. The number of carbonyl (C=O) groups excluding carboxylic acids is 1. The molecule has 0 aliphatic heterocycles. The lowest BCUT2D eigenvalue weighted by atomic mass is 9.86. The molecule has 0 aromatic heterocycles. The van der Waals surface area contributed by atoms with Gasteiger partial charge in [0, 0.05) is 19.0 Å². The predicted octanol–water partition coefficient (Wildman–Crippen LogP) is 2.40. The van der Waals surface area contributed by atoms with Crippen LogP contribution in [-0.2, 0) is 4.79 Å². The van der Waals surface area contributed by atoms with Gasteiger partial charge in [-0.3, -0.25) is 4.79 Å². The van der Waals surface area contributed by atoms with Gasteiger partial charge in [0.1, 0.15) is 0 Å². The van der Waals surface area contributed by atoms with Crippen LogP contribution in [0, 0.1) is 11.8 Å². The molecule has 1 aliphatic rings. The van der Waals surface area contributed by atoms with Crippen molar-refractivity contribution < 1.29 is 4.79 Å². The van der Waals surface area contributed by atoms with Crippen molar-refractivity contribution in [2.24, 2.45) is 17.6 Å². The van der Waals surface area contributed by atoms with Gasteiger partial charge in [0.2, 0.25) is 5.91 Å². The lowest BCUT2D eigenvalue weighted by Gasteiger charge is -2.35. The lowest BCUT2D eigenvalue weighted by molar-refractivity contribution is -0.136. The molecule has 0 aromatic rings. The van der Waals surface area contributed by atoms with Crippen molar-refractivity contribution in [3.05, 3.63) is 0 Å². The number of amides is 1. The lowest BCUT2D eigenvalue weighted by Crippen LogP contribution is -2.42.